The van der Waals surface area contributed by atoms with Gasteiger partial charge in [0.15, 0.2) is 9.84 Å². The van der Waals surface area contributed by atoms with E-state index in [0.29, 0.717) is 4.90 Å². The molecule has 0 saturated heterocycles. The van der Waals surface area contributed by atoms with E-state index in [1.807, 2.05) is 19.2 Å². The molecule has 0 spiro atoms. The number of sulfone groups is 1. The Balaban J connectivity index is 2.49. The van der Waals surface area contributed by atoms with Gasteiger partial charge in [-0.05, 0) is 36.4 Å². The van der Waals surface area contributed by atoms with Crippen LogP contribution in [0.2, 0.25) is 0 Å². The van der Waals surface area contributed by atoms with Gasteiger partial charge in [-0.25, -0.2) is 8.42 Å². The summed E-state index contributed by atoms with van der Waals surface area (Å²) in [4.78, 5) is 0.414. The van der Waals surface area contributed by atoms with E-state index in [1.54, 1.807) is 12.1 Å². The normalized spacial score (nSPS) is 16.9. The van der Waals surface area contributed by atoms with Crippen molar-refractivity contribution in [2.75, 3.05) is 7.05 Å². The Labute approximate surface area is 83.4 Å². The second-order valence-corrected chi connectivity index (χ2v) is 5.05. The molecule has 0 unspecified atom stereocenters. The Morgan fingerprint density at radius 1 is 1.36 bits per heavy atom. The van der Waals surface area contributed by atoms with E-state index in [4.69, 9.17) is 0 Å². The molecule has 1 N–H and O–H groups in total. The van der Waals surface area contributed by atoms with Crippen LogP contribution in [0, 0.1) is 0 Å². The highest BCUT2D eigenvalue weighted by Crippen LogP contribution is 2.27. The van der Waals surface area contributed by atoms with E-state index < -0.39 is 9.84 Å². The van der Waals surface area contributed by atoms with Gasteiger partial charge in [-0.2, -0.15) is 0 Å². The highest BCUT2D eigenvalue weighted by Gasteiger charge is 2.19. The lowest BCUT2D eigenvalue weighted by Gasteiger charge is -2.02. The van der Waals surface area contributed by atoms with Gasteiger partial charge in [0.2, 0.25) is 0 Å². The third kappa shape index (κ3) is 1.47. The third-order valence-electron chi connectivity index (χ3n) is 2.19. The Morgan fingerprint density at radius 2 is 2.14 bits per heavy atom. The lowest BCUT2D eigenvalue weighted by Crippen LogP contribution is -2.05. The summed E-state index contributed by atoms with van der Waals surface area (Å²) in [6, 6.07) is 5.39. The molecule has 1 heterocycles. The van der Waals surface area contributed by atoms with Crippen LogP contribution >= 0.6 is 0 Å². The molecule has 0 aromatic heterocycles. The first-order valence-electron chi connectivity index (χ1n) is 4.34. The van der Waals surface area contributed by atoms with Crippen LogP contribution in [0.1, 0.15) is 11.1 Å². The van der Waals surface area contributed by atoms with Crippen LogP contribution in [-0.4, -0.2) is 15.5 Å². The van der Waals surface area contributed by atoms with E-state index in [-0.39, 0.29) is 0 Å². The Kier molecular flexibility index (Phi) is 2.17. The molecule has 1 aliphatic rings. The van der Waals surface area contributed by atoms with Crippen molar-refractivity contribution in [3.8, 4) is 0 Å². The molecule has 14 heavy (non-hydrogen) atoms. The predicted molar refractivity (Wildman–Crippen MR) is 55.4 cm³/mol. The first-order valence-corrected chi connectivity index (χ1v) is 5.89. The largest absolute Gasteiger partial charge is 0.316 e. The molecule has 2 rings (SSSR count). The molecule has 0 fully saturated rings. The lowest BCUT2D eigenvalue weighted by atomic mass is 10.1. The van der Waals surface area contributed by atoms with E-state index in [2.05, 4.69) is 5.32 Å². The Morgan fingerprint density at radius 3 is 2.86 bits per heavy atom. The third-order valence-corrected chi connectivity index (χ3v) is 3.67. The van der Waals surface area contributed by atoms with Crippen molar-refractivity contribution in [1.82, 2.24) is 5.32 Å². The van der Waals surface area contributed by atoms with E-state index in [0.717, 1.165) is 17.7 Å². The number of nitrogens with one attached hydrogen (secondary N) is 1. The summed E-state index contributed by atoms with van der Waals surface area (Å²) in [5.41, 5.74) is 1.88. The summed E-state index contributed by atoms with van der Waals surface area (Å²) in [5.74, 6) is 0. The molecule has 4 heteroatoms. The molecular formula is C10H11NO2S. The number of fused-ring (bicyclic) bond motifs is 1. The van der Waals surface area contributed by atoms with E-state index >= 15 is 0 Å². The zero-order chi connectivity index (χ0) is 10.2. The number of rotatable bonds is 2. The molecule has 0 aliphatic carbocycles. The van der Waals surface area contributed by atoms with Crippen LogP contribution in [0.4, 0.5) is 0 Å². The minimum atomic E-state index is -3.14. The van der Waals surface area contributed by atoms with Gasteiger partial charge in [0, 0.05) is 12.0 Å². The highest BCUT2D eigenvalue weighted by molar-refractivity contribution is 7.94. The average molecular weight is 209 g/mol. The Bertz CT molecular complexity index is 489. The zero-order valence-corrected chi connectivity index (χ0v) is 8.64. The monoisotopic (exact) mass is 209 g/mol. The van der Waals surface area contributed by atoms with Crippen molar-refractivity contribution in [3.63, 3.8) is 0 Å². The average Bonchev–Trinajstić information content (AvgIpc) is 2.43. The van der Waals surface area contributed by atoms with Gasteiger partial charge in [-0.3, -0.25) is 0 Å². The topological polar surface area (TPSA) is 46.2 Å². The van der Waals surface area contributed by atoms with Crippen LogP contribution in [0.5, 0.6) is 0 Å². The fourth-order valence-electron chi connectivity index (χ4n) is 1.54. The summed E-state index contributed by atoms with van der Waals surface area (Å²) in [5, 5.41) is 4.27. The van der Waals surface area contributed by atoms with Gasteiger partial charge in [-0.1, -0.05) is 6.07 Å². The van der Waals surface area contributed by atoms with Gasteiger partial charge in [0.25, 0.3) is 0 Å². The molecule has 74 valence electrons. The fraction of sp³-hybridized carbons (Fsp3) is 0.200. The molecule has 1 aromatic carbocycles. The SMILES string of the molecule is CNCc1ccc2c(c1)C=CS2(=O)=O. The smallest absolute Gasteiger partial charge is 0.200 e. The quantitative estimate of drug-likeness (QED) is 0.795. The second-order valence-electron chi connectivity index (χ2n) is 3.25. The van der Waals surface area contributed by atoms with E-state index in [9.17, 15) is 8.42 Å². The van der Waals surface area contributed by atoms with Crippen molar-refractivity contribution >= 4 is 15.9 Å². The van der Waals surface area contributed by atoms with Gasteiger partial charge in [-0.15, -0.1) is 0 Å². The number of hydrogen-bond acceptors (Lipinski definition) is 3. The van der Waals surface area contributed by atoms with Crippen LogP contribution in [0.25, 0.3) is 6.08 Å². The van der Waals surface area contributed by atoms with Gasteiger partial charge >= 0.3 is 0 Å². The van der Waals surface area contributed by atoms with Crippen LogP contribution in [-0.2, 0) is 16.4 Å². The molecule has 0 bridgehead atoms. The minimum absolute atomic E-state index is 0.414. The highest BCUT2D eigenvalue weighted by atomic mass is 32.2. The summed E-state index contributed by atoms with van der Waals surface area (Å²) in [7, 11) is -1.28. The van der Waals surface area contributed by atoms with Crippen LogP contribution < -0.4 is 5.32 Å². The minimum Gasteiger partial charge on any atom is -0.316 e. The van der Waals surface area contributed by atoms with Gasteiger partial charge < -0.3 is 5.32 Å². The molecule has 0 saturated carbocycles. The first-order chi connectivity index (χ1) is 6.63. The second kappa shape index (κ2) is 3.22. The maximum absolute atomic E-state index is 11.4. The first kappa shape index (κ1) is 9.43. The van der Waals surface area contributed by atoms with Crippen molar-refractivity contribution < 1.29 is 8.42 Å². The summed E-state index contributed by atoms with van der Waals surface area (Å²) in [6.07, 6.45) is 1.64. The molecule has 3 nitrogen and oxygen atoms in total. The number of hydrogen-bond donors (Lipinski definition) is 1. The molecular weight excluding hydrogens is 198 g/mol. The van der Waals surface area contributed by atoms with Crippen molar-refractivity contribution in [2.24, 2.45) is 0 Å². The molecule has 1 aromatic rings. The summed E-state index contributed by atoms with van der Waals surface area (Å²) < 4.78 is 22.8. The van der Waals surface area contributed by atoms with Crippen molar-refractivity contribution in [2.45, 2.75) is 11.4 Å². The molecule has 0 atom stereocenters. The van der Waals surface area contributed by atoms with Gasteiger partial charge in [0.05, 0.1) is 4.90 Å². The maximum atomic E-state index is 11.4. The Hall–Kier alpha value is -1.13. The van der Waals surface area contributed by atoms with Crippen LogP contribution in [0.15, 0.2) is 28.5 Å². The van der Waals surface area contributed by atoms with Crippen LogP contribution in [0.3, 0.4) is 0 Å². The predicted octanol–water partition coefficient (Wildman–Crippen LogP) is 1.16. The molecule has 0 radical (unpaired) electrons. The van der Waals surface area contributed by atoms with E-state index in [1.165, 1.54) is 5.41 Å². The maximum Gasteiger partial charge on any atom is 0.200 e. The summed E-state index contributed by atoms with van der Waals surface area (Å²) >= 11 is 0. The summed E-state index contributed by atoms with van der Waals surface area (Å²) in [6.45, 7) is 0.751. The van der Waals surface area contributed by atoms with Crippen molar-refractivity contribution in [1.29, 1.82) is 0 Å². The lowest BCUT2D eigenvalue weighted by molar-refractivity contribution is 0.605. The zero-order valence-electron chi connectivity index (χ0n) is 7.82. The van der Waals surface area contributed by atoms with Crippen molar-refractivity contribution in [3.05, 3.63) is 34.7 Å². The van der Waals surface area contributed by atoms with Gasteiger partial charge in [0.1, 0.15) is 0 Å². The molecule has 1 aliphatic heterocycles. The standard InChI is InChI=1S/C10H11NO2S/c1-11-7-8-2-3-10-9(6-8)4-5-14(10,12)13/h2-6,11H,7H2,1H3. The fourth-order valence-corrected chi connectivity index (χ4v) is 2.72. The number of benzene rings is 1. The molecule has 0 amide bonds.